The predicted octanol–water partition coefficient (Wildman–Crippen LogP) is 2.14. The standard InChI is InChI=1S/C15H28N2O2/c1-2-3-4-8-13-14(19-13)9-5-6-10-15(18)17-12-7-11-16/h5-6,13-14H,2-4,7-12,16H2,1H3,(H,17,18)/b6-5+. The van der Waals surface area contributed by atoms with Crippen molar-refractivity contribution in [1.29, 1.82) is 0 Å². The molecule has 1 heterocycles. The second kappa shape index (κ2) is 9.98. The lowest BCUT2D eigenvalue weighted by Crippen LogP contribution is -2.25. The number of ether oxygens (including phenoxy) is 1. The first-order valence-corrected chi connectivity index (χ1v) is 7.55. The monoisotopic (exact) mass is 268 g/mol. The minimum Gasteiger partial charge on any atom is -0.369 e. The molecule has 1 fully saturated rings. The quantitative estimate of drug-likeness (QED) is 0.343. The summed E-state index contributed by atoms with van der Waals surface area (Å²) in [5.74, 6) is 0.0703. The molecular formula is C15H28N2O2. The highest BCUT2D eigenvalue weighted by Crippen LogP contribution is 2.30. The van der Waals surface area contributed by atoms with Gasteiger partial charge >= 0.3 is 0 Å². The van der Waals surface area contributed by atoms with E-state index in [9.17, 15) is 4.79 Å². The predicted molar refractivity (Wildman–Crippen MR) is 77.9 cm³/mol. The third kappa shape index (κ3) is 8.01. The van der Waals surface area contributed by atoms with Crippen LogP contribution >= 0.6 is 0 Å². The van der Waals surface area contributed by atoms with Crippen molar-refractivity contribution >= 4 is 5.91 Å². The Balaban J connectivity index is 1.95. The molecule has 2 atom stereocenters. The minimum atomic E-state index is 0.0703. The van der Waals surface area contributed by atoms with Crippen LogP contribution < -0.4 is 11.1 Å². The third-order valence-electron chi connectivity index (χ3n) is 3.32. The maximum absolute atomic E-state index is 11.4. The largest absolute Gasteiger partial charge is 0.369 e. The Labute approximate surface area is 116 Å². The molecule has 4 nitrogen and oxygen atoms in total. The fraction of sp³-hybridized carbons (Fsp3) is 0.800. The Bertz CT molecular complexity index is 279. The molecule has 19 heavy (non-hydrogen) atoms. The Kier molecular flexibility index (Phi) is 8.50. The molecule has 0 aromatic rings. The van der Waals surface area contributed by atoms with Gasteiger partial charge in [0.1, 0.15) is 0 Å². The number of nitrogens with one attached hydrogen (secondary N) is 1. The van der Waals surface area contributed by atoms with Crippen molar-refractivity contribution in [2.75, 3.05) is 13.1 Å². The van der Waals surface area contributed by atoms with Crippen molar-refractivity contribution in [3.8, 4) is 0 Å². The van der Waals surface area contributed by atoms with Crippen molar-refractivity contribution in [2.45, 2.75) is 64.1 Å². The smallest absolute Gasteiger partial charge is 0.223 e. The lowest BCUT2D eigenvalue weighted by molar-refractivity contribution is -0.120. The van der Waals surface area contributed by atoms with E-state index in [1.165, 1.54) is 25.7 Å². The molecule has 1 saturated heterocycles. The van der Waals surface area contributed by atoms with Gasteiger partial charge in [-0.3, -0.25) is 4.79 Å². The van der Waals surface area contributed by atoms with Gasteiger partial charge < -0.3 is 15.8 Å². The zero-order valence-corrected chi connectivity index (χ0v) is 12.1. The molecule has 110 valence electrons. The van der Waals surface area contributed by atoms with E-state index in [-0.39, 0.29) is 5.91 Å². The molecule has 0 spiro atoms. The van der Waals surface area contributed by atoms with Crippen molar-refractivity contribution in [1.82, 2.24) is 5.32 Å². The van der Waals surface area contributed by atoms with Gasteiger partial charge in [-0.2, -0.15) is 0 Å². The molecule has 1 aliphatic rings. The highest BCUT2D eigenvalue weighted by atomic mass is 16.6. The Morgan fingerprint density at radius 3 is 2.84 bits per heavy atom. The number of hydrogen-bond acceptors (Lipinski definition) is 3. The van der Waals surface area contributed by atoms with E-state index in [0.717, 1.165) is 12.8 Å². The SMILES string of the molecule is CCCCCC1OC1C/C=C/CC(=O)NCCCN. The zero-order valence-electron chi connectivity index (χ0n) is 12.1. The molecule has 0 radical (unpaired) electrons. The van der Waals surface area contributed by atoms with Gasteiger partial charge in [-0.1, -0.05) is 38.3 Å². The van der Waals surface area contributed by atoms with Crippen LogP contribution in [0, 0.1) is 0 Å². The summed E-state index contributed by atoms with van der Waals surface area (Å²) >= 11 is 0. The number of nitrogens with two attached hydrogens (primary N) is 1. The van der Waals surface area contributed by atoms with E-state index >= 15 is 0 Å². The second-order valence-electron chi connectivity index (χ2n) is 5.11. The van der Waals surface area contributed by atoms with Crippen molar-refractivity contribution in [2.24, 2.45) is 5.73 Å². The summed E-state index contributed by atoms with van der Waals surface area (Å²) in [6.45, 7) is 3.51. The lowest BCUT2D eigenvalue weighted by atomic mass is 10.1. The number of rotatable bonds is 11. The summed E-state index contributed by atoms with van der Waals surface area (Å²) in [5, 5.41) is 2.83. The summed E-state index contributed by atoms with van der Waals surface area (Å²) < 4.78 is 5.58. The number of carbonyl (C=O) groups is 1. The summed E-state index contributed by atoms with van der Waals surface area (Å²) in [7, 11) is 0. The van der Waals surface area contributed by atoms with Gasteiger partial charge in [0.2, 0.25) is 5.91 Å². The molecular weight excluding hydrogens is 240 g/mol. The van der Waals surface area contributed by atoms with E-state index in [4.69, 9.17) is 10.5 Å². The second-order valence-corrected chi connectivity index (χ2v) is 5.11. The third-order valence-corrected chi connectivity index (χ3v) is 3.32. The van der Waals surface area contributed by atoms with Gasteiger partial charge in [-0.25, -0.2) is 0 Å². The number of unbranched alkanes of at least 4 members (excludes halogenated alkanes) is 2. The number of carbonyl (C=O) groups excluding carboxylic acids is 1. The van der Waals surface area contributed by atoms with Crippen LogP contribution in [0.2, 0.25) is 0 Å². The van der Waals surface area contributed by atoms with Crippen LogP contribution in [0.25, 0.3) is 0 Å². The van der Waals surface area contributed by atoms with Gasteiger partial charge in [-0.05, 0) is 25.8 Å². The molecule has 2 unspecified atom stereocenters. The molecule has 1 amide bonds. The highest BCUT2D eigenvalue weighted by molar-refractivity contribution is 5.77. The first-order valence-electron chi connectivity index (χ1n) is 7.55. The van der Waals surface area contributed by atoms with Gasteiger partial charge in [0, 0.05) is 13.0 Å². The highest BCUT2D eigenvalue weighted by Gasteiger charge is 2.36. The Morgan fingerprint density at radius 2 is 2.11 bits per heavy atom. The summed E-state index contributed by atoms with van der Waals surface area (Å²) in [5.41, 5.74) is 5.35. The van der Waals surface area contributed by atoms with E-state index in [1.54, 1.807) is 0 Å². The molecule has 1 aliphatic heterocycles. The van der Waals surface area contributed by atoms with Crippen LogP contribution in [0.5, 0.6) is 0 Å². The van der Waals surface area contributed by atoms with Crippen molar-refractivity contribution < 1.29 is 9.53 Å². The molecule has 4 heteroatoms. The normalized spacial score (nSPS) is 21.8. The topological polar surface area (TPSA) is 67.7 Å². The van der Waals surface area contributed by atoms with Crippen molar-refractivity contribution in [3.63, 3.8) is 0 Å². The maximum Gasteiger partial charge on any atom is 0.223 e. The van der Waals surface area contributed by atoms with Crippen LogP contribution in [0.1, 0.15) is 51.9 Å². The number of amides is 1. The first-order chi connectivity index (χ1) is 9.27. The van der Waals surface area contributed by atoms with E-state index in [0.29, 0.717) is 31.7 Å². The molecule has 0 aromatic carbocycles. The summed E-state index contributed by atoms with van der Waals surface area (Å²) in [6, 6.07) is 0. The number of epoxide rings is 1. The number of hydrogen-bond donors (Lipinski definition) is 2. The minimum absolute atomic E-state index is 0.0703. The Morgan fingerprint density at radius 1 is 1.26 bits per heavy atom. The fourth-order valence-corrected chi connectivity index (χ4v) is 2.06. The molecule has 0 saturated carbocycles. The van der Waals surface area contributed by atoms with E-state index < -0.39 is 0 Å². The molecule has 0 aromatic heterocycles. The summed E-state index contributed by atoms with van der Waals surface area (Å²) in [6.07, 6.45) is 12.1. The van der Waals surface area contributed by atoms with E-state index in [2.05, 4.69) is 18.3 Å². The van der Waals surface area contributed by atoms with Crippen LogP contribution in [0.4, 0.5) is 0 Å². The molecule has 0 bridgehead atoms. The van der Waals surface area contributed by atoms with Crippen LogP contribution in [0.15, 0.2) is 12.2 Å². The average Bonchev–Trinajstić information content (AvgIpc) is 3.14. The van der Waals surface area contributed by atoms with E-state index in [1.807, 2.05) is 6.08 Å². The van der Waals surface area contributed by atoms with Crippen LogP contribution in [-0.2, 0) is 9.53 Å². The summed E-state index contributed by atoms with van der Waals surface area (Å²) in [4.78, 5) is 11.4. The average molecular weight is 268 g/mol. The fourth-order valence-electron chi connectivity index (χ4n) is 2.06. The van der Waals surface area contributed by atoms with Gasteiger partial charge in [0.05, 0.1) is 12.2 Å². The zero-order chi connectivity index (χ0) is 13.9. The van der Waals surface area contributed by atoms with Crippen LogP contribution in [-0.4, -0.2) is 31.2 Å². The Hall–Kier alpha value is -0.870. The van der Waals surface area contributed by atoms with Gasteiger partial charge in [0.25, 0.3) is 0 Å². The lowest BCUT2D eigenvalue weighted by Gasteiger charge is -2.00. The molecule has 0 aliphatic carbocycles. The molecule has 3 N–H and O–H groups in total. The van der Waals surface area contributed by atoms with Crippen molar-refractivity contribution in [3.05, 3.63) is 12.2 Å². The van der Waals surface area contributed by atoms with Crippen LogP contribution in [0.3, 0.4) is 0 Å². The molecule has 1 rings (SSSR count). The van der Waals surface area contributed by atoms with Gasteiger partial charge in [0.15, 0.2) is 0 Å². The van der Waals surface area contributed by atoms with Gasteiger partial charge in [-0.15, -0.1) is 0 Å². The maximum atomic E-state index is 11.4. The first kappa shape index (κ1) is 16.2.